The van der Waals surface area contributed by atoms with Crippen molar-refractivity contribution in [3.63, 3.8) is 0 Å². The van der Waals surface area contributed by atoms with E-state index >= 15 is 0 Å². The van der Waals surface area contributed by atoms with E-state index in [2.05, 4.69) is 65.5 Å². The van der Waals surface area contributed by atoms with Crippen molar-refractivity contribution in [1.29, 1.82) is 0 Å². The van der Waals surface area contributed by atoms with Gasteiger partial charge in [0.25, 0.3) is 0 Å². The van der Waals surface area contributed by atoms with Crippen LogP contribution in [-0.2, 0) is 21.9 Å². The molecule has 0 aromatic carbocycles. The topological polar surface area (TPSA) is 54.0 Å². The standard InChI is InChI=1S/C10H24O3Si3.2C3H12OSi2/c1-9(2)10(11)12-7-6-8-15(14)13-16(3,4)5;2*1-6(2,3)4-5/h15H,1,6-8H2,2-5,14H3;2*1-3,5H3. The zero-order valence-electron chi connectivity index (χ0n) is 20.9. The molecule has 1 atom stereocenters. The second kappa shape index (κ2) is 16.3. The molecule has 170 valence electrons. The molecule has 1 unspecified atom stereocenters. The lowest BCUT2D eigenvalue weighted by atomic mass is 10.4. The number of ether oxygens (including phenoxy) is 1. The molecule has 0 aromatic rings. The van der Waals surface area contributed by atoms with Gasteiger partial charge in [0, 0.05) is 15.3 Å². The highest BCUT2D eigenvalue weighted by Crippen LogP contribution is 2.07. The van der Waals surface area contributed by atoms with Crippen molar-refractivity contribution in [2.75, 3.05) is 6.61 Å². The van der Waals surface area contributed by atoms with E-state index in [4.69, 9.17) is 17.1 Å². The summed E-state index contributed by atoms with van der Waals surface area (Å²) in [6.07, 6.45) is 0.934. The highest BCUT2D eigenvalue weighted by Gasteiger charge is 2.18. The summed E-state index contributed by atoms with van der Waals surface area (Å²) in [6, 6.07) is 1.12. The maximum Gasteiger partial charge on any atom is 0.333 e. The van der Waals surface area contributed by atoms with E-state index in [-0.39, 0.29) is 5.97 Å². The Balaban J connectivity index is -0.000000426. The number of hydrogen-bond acceptors (Lipinski definition) is 5. The molecule has 0 radical (unpaired) electrons. The Kier molecular flexibility index (Phi) is 19.4. The summed E-state index contributed by atoms with van der Waals surface area (Å²) in [5, 5.41) is 0. The van der Waals surface area contributed by atoms with Crippen molar-refractivity contribution in [3.05, 3.63) is 12.2 Å². The monoisotopic (exact) mass is 516 g/mol. The maximum atomic E-state index is 11.1. The van der Waals surface area contributed by atoms with Crippen LogP contribution in [0.15, 0.2) is 12.2 Å². The first-order valence-electron chi connectivity index (χ1n) is 9.95. The van der Waals surface area contributed by atoms with E-state index in [1.807, 2.05) is 0 Å². The van der Waals surface area contributed by atoms with Gasteiger partial charge in [-0.05, 0) is 78.3 Å². The first-order chi connectivity index (χ1) is 12.3. The minimum absolute atomic E-state index is 0.280. The fourth-order valence-corrected chi connectivity index (χ4v) is 15.0. The van der Waals surface area contributed by atoms with Gasteiger partial charge in [-0.25, -0.2) is 4.79 Å². The Morgan fingerprint density at radius 2 is 1.25 bits per heavy atom. The van der Waals surface area contributed by atoms with Crippen LogP contribution in [0.1, 0.15) is 13.3 Å². The summed E-state index contributed by atoms with van der Waals surface area (Å²) in [5.74, 6) is -0.280. The van der Waals surface area contributed by atoms with Crippen molar-refractivity contribution in [2.45, 2.75) is 78.3 Å². The first kappa shape index (κ1) is 33.3. The van der Waals surface area contributed by atoms with E-state index in [0.29, 0.717) is 12.2 Å². The molecule has 0 aliphatic heterocycles. The van der Waals surface area contributed by atoms with Crippen LogP contribution in [0.5, 0.6) is 0 Å². The predicted molar refractivity (Wildman–Crippen MR) is 145 cm³/mol. The first-order valence-corrected chi connectivity index (χ1v) is 27.7. The van der Waals surface area contributed by atoms with Crippen LogP contribution in [0, 0.1) is 0 Å². The number of carbonyl (C=O) groups is 1. The third-order valence-electron chi connectivity index (χ3n) is 3.12. The van der Waals surface area contributed by atoms with E-state index in [9.17, 15) is 4.79 Å². The molecule has 0 amide bonds. The maximum absolute atomic E-state index is 11.1. The molecule has 0 aliphatic rings. The lowest BCUT2D eigenvalue weighted by Crippen LogP contribution is -2.35. The van der Waals surface area contributed by atoms with Gasteiger partial charge in [-0.15, -0.1) is 0 Å². The minimum Gasteiger partial charge on any atom is -0.464 e. The van der Waals surface area contributed by atoms with Crippen molar-refractivity contribution >= 4 is 70.2 Å². The molecule has 0 spiro atoms. The highest BCUT2D eigenvalue weighted by atomic mass is 29.2. The van der Waals surface area contributed by atoms with Gasteiger partial charge in [0.05, 0.1) is 6.61 Å². The molecule has 0 rings (SSSR count). The average molecular weight is 517 g/mol. The lowest BCUT2D eigenvalue weighted by molar-refractivity contribution is -0.138. The van der Waals surface area contributed by atoms with Gasteiger partial charge in [0.1, 0.15) is 29.5 Å². The lowest BCUT2D eigenvalue weighted by Gasteiger charge is -2.23. The molecule has 0 saturated heterocycles. The second-order valence-corrected chi connectivity index (χ2v) is 32.7. The Bertz CT molecular complexity index is 415. The zero-order valence-corrected chi connectivity index (χ0v) is 31.1. The predicted octanol–water partition coefficient (Wildman–Crippen LogP) is 1.17. The van der Waals surface area contributed by atoms with Crippen LogP contribution < -0.4 is 0 Å². The molecule has 0 saturated carbocycles. The molecule has 0 heterocycles. The summed E-state index contributed by atoms with van der Waals surface area (Å²) >= 11 is 0. The zero-order chi connectivity index (χ0) is 23.2. The van der Waals surface area contributed by atoms with Gasteiger partial charge in [-0.1, -0.05) is 6.58 Å². The third kappa shape index (κ3) is 34.1. The molecule has 0 aliphatic carbocycles. The van der Waals surface area contributed by atoms with Gasteiger partial charge in [0.15, 0.2) is 25.0 Å². The summed E-state index contributed by atoms with van der Waals surface area (Å²) in [6.45, 7) is 25.6. The van der Waals surface area contributed by atoms with Gasteiger partial charge in [0.2, 0.25) is 0 Å². The number of hydrogen-bond donors (Lipinski definition) is 0. The van der Waals surface area contributed by atoms with Gasteiger partial charge in [-0.2, -0.15) is 0 Å². The SMILES string of the molecule is C=C(C)C(=O)OCCC[SiH]([SiH3])O[Si](C)(C)C.C[Si](C)(C)O[SiH3].C[Si](C)(C)O[SiH3]. The Morgan fingerprint density at radius 1 is 0.893 bits per heavy atom. The summed E-state index contributed by atoms with van der Waals surface area (Å²) < 4.78 is 21.5. The quantitative estimate of drug-likeness (QED) is 0.199. The van der Waals surface area contributed by atoms with Crippen LogP contribution in [0.3, 0.4) is 0 Å². The molecule has 0 N–H and O–H groups in total. The summed E-state index contributed by atoms with van der Waals surface area (Å²) in [5.41, 5.74) is 0.470. The molecule has 0 fully saturated rings. The molecule has 0 bridgehead atoms. The fraction of sp³-hybridized carbons (Fsp3) is 0.812. The van der Waals surface area contributed by atoms with Gasteiger partial charge in [-0.3, -0.25) is 0 Å². The van der Waals surface area contributed by atoms with Crippen LogP contribution in [0.4, 0.5) is 0 Å². The van der Waals surface area contributed by atoms with Gasteiger partial charge >= 0.3 is 5.97 Å². The Morgan fingerprint density at radius 3 is 1.50 bits per heavy atom. The van der Waals surface area contributed by atoms with E-state index in [1.54, 1.807) is 6.92 Å². The molecule has 12 heteroatoms. The smallest absolute Gasteiger partial charge is 0.333 e. The number of esters is 1. The second-order valence-electron chi connectivity index (χ2n) is 9.73. The summed E-state index contributed by atoms with van der Waals surface area (Å²) in [7, 11) is -1.42. The molecule has 5 nitrogen and oxygen atoms in total. The van der Waals surface area contributed by atoms with Crippen LogP contribution >= 0.6 is 0 Å². The highest BCUT2D eigenvalue weighted by molar-refractivity contribution is 7.03. The van der Waals surface area contributed by atoms with Crippen LogP contribution in [0.2, 0.25) is 65.0 Å². The summed E-state index contributed by atoms with van der Waals surface area (Å²) in [4.78, 5) is 11.1. The van der Waals surface area contributed by atoms with Crippen molar-refractivity contribution in [2.24, 2.45) is 0 Å². The van der Waals surface area contributed by atoms with E-state index in [1.165, 1.54) is 9.76 Å². The molecule has 0 aromatic heterocycles. The molecular formula is C16H48O5Si7. The Labute approximate surface area is 188 Å². The molecule has 28 heavy (non-hydrogen) atoms. The van der Waals surface area contributed by atoms with Crippen molar-refractivity contribution in [1.82, 2.24) is 0 Å². The average Bonchev–Trinajstić information content (AvgIpc) is 2.49. The van der Waals surface area contributed by atoms with E-state index < -0.39 is 33.5 Å². The van der Waals surface area contributed by atoms with E-state index in [0.717, 1.165) is 33.4 Å². The largest absolute Gasteiger partial charge is 0.464 e. The molecular weight excluding hydrogens is 469 g/mol. The van der Waals surface area contributed by atoms with Crippen molar-refractivity contribution < 1.29 is 21.9 Å². The third-order valence-corrected chi connectivity index (χ3v) is 22.4. The van der Waals surface area contributed by atoms with Crippen LogP contribution in [-0.4, -0.2) is 76.8 Å². The normalized spacial score (nSPS) is 13.1. The Hall–Kier alpha value is 0.608. The number of rotatable bonds is 9. The minimum atomic E-state index is -1.35. The van der Waals surface area contributed by atoms with Crippen LogP contribution in [0.25, 0.3) is 0 Å². The number of carbonyl (C=O) groups excluding carboxylic acids is 1. The fourth-order valence-electron chi connectivity index (χ4n) is 1.32. The van der Waals surface area contributed by atoms with Gasteiger partial charge < -0.3 is 17.1 Å². The van der Waals surface area contributed by atoms with Crippen molar-refractivity contribution in [3.8, 4) is 0 Å².